The lowest BCUT2D eigenvalue weighted by Gasteiger charge is -2.35. The minimum atomic E-state index is -0.778. The van der Waals surface area contributed by atoms with Gasteiger partial charge in [0.1, 0.15) is 5.82 Å². The molecule has 0 atom stereocenters. The number of anilines is 1. The van der Waals surface area contributed by atoms with Gasteiger partial charge in [-0.1, -0.05) is 0 Å². The molecule has 26 heavy (non-hydrogen) atoms. The number of nitrogens with zero attached hydrogens (tertiary/aromatic N) is 6. The lowest BCUT2D eigenvalue weighted by atomic mass is 10.2. The molecule has 3 aromatic heterocycles. The zero-order valence-corrected chi connectivity index (χ0v) is 13.8. The zero-order valence-electron chi connectivity index (χ0n) is 13.8. The van der Waals surface area contributed by atoms with Gasteiger partial charge in [-0.05, 0) is 24.3 Å². The van der Waals surface area contributed by atoms with Crippen LogP contribution in [-0.2, 0) is 0 Å². The van der Waals surface area contributed by atoms with Crippen molar-refractivity contribution in [1.29, 1.82) is 0 Å². The SMILES string of the molecule is O=C(c1cccnc1)N1CCN(c2nc(=O)n(O)c3ncccc23)CC1. The van der Waals surface area contributed by atoms with Crippen molar-refractivity contribution in [3.8, 4) is 0 Å². The fourth-order valence-corrected chi connectivity index (χ4v) is 3.06. The fourth-order valence-electron chi connectivity index (χ4n) is 3.06. The number of aromatic nitrogens is 4. The molecular weight excluding hydrogens is 336 g/mol. The quantitative estimate of drug-likeness (QED) is 0.665. The number of pyridine rings is 2. The van der Waals surface area contributed by atoms with Crippen LogP contribution < -0.4 is 10.6 Å². The molecule has 4 heterocycles. The molecule has 1 fully saturated rings. The molecule has 0 bridgehead atoms. The minimum absolute atomic E-state index is 0.0667. The number of carbonyl (C=O) groups excluding carboxylic acids is 1. The monoisotopic (exact) mass is 352 g/mol. The molecule has 0 aliphatic carbocycles. The lowest BCUT2D eigenvalue weighted by molar-refractivity contribution is 0.0746. The van der Waals surface area contributed by atoms with E-state index in [1.807, 2.05) is 4.90 Å². The summed E-state index contributed by atoms with van der Waals surface area (Å²) >= 11 is 0. The molecule has 0 aromatic carbocycles. The summed E-state index contributed by atoms with van der Waals surface area (Å²) in [5.41, 5.74) is -0.0620. The van der Waals surface area contributed by atoms with E-state index in [0.29, 0.717) is 47.7 Å². The highest BCUT2D eigenvalue weighted by atomic mass is 16.5. The Morgan fingerprint density at radius 2 is 1.85 bits per heavy atom. The Bertz CT molecular complexity index is 1010. The van der Waals surface area contributed by atoms with Crippen molar-refractivity contribution in [2.24, 2.45) is 0 Å². The van der Waals surface area contributed by atoms with Crippen molar-refractivity contribution >= 4 is 22.8 Å². The van der Waals surface area contributed by atoms with E-state index in [4.69, 9.17) is 0 Å². The van der Waals surface area contributed by atoms with Crippen molar-refractivity contribution in [3.63, 3.8) is 0 Å². The van der Waals surface area contributed by atoms with Crippen molar-refractivity contribution in [1.82, 2.24) is 24.6 Å². The van der Waals surface area contributed by atoms with E-state index in [-0.39, 0.29) is 11.6 Å². The Morgan fingerprint density at radius 3 is 2.58 bits per heavy atom. The molecule has 0 unspecified atom stereocenters. The molecule has 1 aliphatic heterocycles. The van der Waals surface area contributed by atoms with Gasteiger partial charge in [0.15, 0.2) is 5.65 Å². The Hall–Kier alpha value is -3.49. The highest BCUT2D eigenvalue weighted by molar-refractivity contribution is 5.94. The van der Waals surface area contributed by atoms with Gasteiger partial charge >= 0.3 is 5.69 Å². The first-order chi connectivity index (χ1) is 12.6. The number of carbonyl (C=O) groups is 1. The van der Waals surface area contributed by atoms with Crippen LogP contribution in [0.15, 0.2) is 47.7 Å². The van der Waals surface area contributed by atoms with Gasteiger partial charge in [-0.3, -0.25) is 9.78 Å². The molecule has 9 nitrogen and oxygen atoms in total. The van der Waals surface area contributed by atoms with E-state index >= 15 is 0 Å². The molecule has 9 heteroatoms. The Balaban J connectivity index is 1.58. The Labute approximate surface area is 148 Å². The zero-order chi connectivity index (χ0) is 18.1. The summed E-state index contributed by atoms with van der Waals surface area (Å²) < 4.78 is 0.445. The molecule has 1 saturated heterocycles. The first-order valence-corrected chi connectivity index (χ1v) is 8.16. The van der Waals surface area contributed by atoms with Gasteiger partial charge in [0.05, 0.1) is 10.9 Å². The lowest BCUT2D eigenvalue weighted by Crippen LogP contribution is -2.49. The van der Waals surface area contributed by atoms with Gasteiger partial charge in [0, 0.05) is 44.8 Å². The average Bonchev–Trinajstić information content (AvgIpc) is 2.71. The van der Waals surface area contributed by atoms with Gasteiger partial charge in [-0.2, -0.15) is 4.98 Å². The van der Waals surface area contributed by atoms with E-state index < -0.39 is 5.69 Å². The third-order valence-electron chi connectivity index (χ3n) is 4.39. The van der Waals surface area contributed by atoms with Crippen LogP contribution in [0.1, 0.15) is 10.4 Å². The third-order valence-corrected chi connectivity index (χ3v) is 4.39. The second kappa shape index (κ2) is 6.43. The summed E-state index contributed by atoms with van der Waals surface area (Å²) in [6.45, 7) is 2.05. The predicted octanol–water partition coefficient (Wildman–Crippen LogP) is 0.386. The van der Waals surface area contributed by atoms with Gasteiger partial charge in [0.2, 0.25) is 0 Å². The minimum Gasteiger partial charge on any atom is -0.422 e. The van der Waals surface area contributed by atoms with Crippen LogP contribution in [0.5, 0.6) is 0 Å². The molecule has 1 amide bonds. The summed E-state index contributed by atoms with van der Waals surface area (Å²) in [6.07, 6.45) is 4.68. The number of hydrogen-bond donors (Lipinski definition) is 1. The normalized spacial score (nSPS) is 14.6. The molecule has 132 valence electrons. The van der Waals surface area contributed by atoms with E-state index in [1.54, 1.807) is 41.6 Å². The van der Waals surface area contributed by atoms with Gasteiger partial charge in [-0.15, -0.1) is 4.73 Å². The van der Waals surface area contributed by atoms with E-state index in [0.717, 1.165) is 0 Å². The van der Waals surface area contributed by atoms with Crippen molar-refractivity contribution in [2.75, 3.05) is 31.1 Å². The Morgan fingerprint density at radius 1 is 1.08 bits per heavy atom. The number of amides is 1. The number of piperazine rings is 1. The summed E-state index contributed by atoms with van der Waals surface area (Å²) in [5, 5.41) is 10.4. The molecular formula is C17H16N6O3. The standard InChI is InChI=1S/C17H16N6O3/c24-16(12-3-1-5-18-11-12)22-9-7-21(8-10-22)15-13-4-2-6-19-14(13)23(26)17(25)20-15/h1-6,11,26H,7-10H2. The molecule has 1 aliphatic rings. The third kappa shape index (κ3) is 2.73. The average molecular weight is 352 g/mol. The molecule has 4 rings (SSSR count). The maximum absolute atomic E-state index is 12.5. The van der Waals surface area contributed by atoms with Crippen LogP contribution in [0.4, 0.5) is 5.82 Å². The predicted molar refractivity (Wildman–Crippen MR) is 93.3 cm³/mol. The molecule has 0 spiro atoms. The van der Waals surface area contributed by atoms with Gasteiger partial charge in [-0.25, -0.2) is 9.78 Å². The number of hydrogen-bond acceptors (Lipinski definition) is 7. The van der Waals surface area contributed by atoms with Crippen LogP contribution in [0.3, 0.4) is 0 Å². The maximum Gasteiger partial charge on any atom is 0.384 e. The van der Waals surface area contributed by atoms with Crippen molar-refractivity contribution in [2.45, 2.75) is 0 Å². The number of fused-ring (bicyclic) bond motifs is 1. The van der Waals surface area contributed by atoms with Crippen LogP contribution in [0.25, 0.3) is 11.0 Å². The maximum atomic E-state index is 12.5. The summed E-state index contributed by atoms with van der Waals surface area (Å²) in [5.74, 6) is 0.403. The van der Waals surface area contributed by atoms with E-state index in [9.17, 15) is 14.8 Å². The summed E-state index contributed by atoms with van der Waals surface area (Å²) in [7, 11) is 0. The van der Waals surface area contributed by atoms with Crippen molar-refractivity contribution < 1.29 is 10.0 Å². The topological polar surface area (TPSA) is 104 Å². The largest absolute Gasteiger partial charge is 0.422 e. The highest BCUT2D eigenvalue weighted by Gasteiger charge is 2.25. The fraction of sp³-hybridized carbons (Fsp3) is 0.235. The van der Waals surface area contributed by atoms with Crippen molar-refractivity contribution in [3.05, 3.63) is 58.9 Å². The highest BCUT2D eigenvalue weighted by Crippen LogP contribution is 2.22. The molecule has 3 aromatic rings. The van der Waals surface area contributed by atoms with Crippen LogP contribution in [-0.4, -0.2) is 61.9 Å². The molecule has 1 N–H and O–H groups in total. The summed E-state index contributed by atoms with van der Waals surface area (Å²) in [4.78, 5) is 40.1. The number of rotatable bonds is 2. The molecule has 0 saturated carbocycles. The van der Waals surface area contributed by atoms with Crippen LogP contribution >= 0.6 is 0 Å². The smallest absolute Gasteiger partial charge is 0.384 e. The summed E-state index contributed by atoms with van der Waals surface area (Å²) in [6, 6.07) is 6.95. The van der Waals surface area contributed by atoms with E-state index in [2.05, 4.69) is 15.0 Å². The molecule has 0 radical (unpaired) electrons. The van der Waals surface area contributed by atoms with Gasteiger partial charge < -0.3 is 15.0 Å². The first-order valence-electron chi connectivity index (χ1n) is 8.16. The van der Waals surface area contributed by atoms with Gasteiger partial charge in [0.25, 0.3) is 5.91 Å². The van der Waals surface area contributed by atoms with Crippen LogP contribution in [0, 0.1) is 0 Å². The van der Waals surface area contributed by atoms with Crippen LogP contribution in [0.2, 0.25) is 0 Å². The first kappa shape index (κ1) is 16.0. The van der Waals surface area contributed by atoms with E-state index in [1.165, 1.54) is 6.20 Å². The second-order valence-electron chi connectivity index (χ2n) is 5.93. The Kier molecular flexibility index (Phi) is 3.96. The second-order valence-corrected chi connectivity index (χ2v) is 5.93.